The number of nitrogens with one attached hydrogen (secondary N) is 1. The largest absolute Gasteiger partial charge is 0.435 e. The van der Waals surface area contributed by atoms with Gasteiger partial charge in [-0.15, -0.1) is 0 Å². The summed E-state index contributed by atoms with van der Waals surface area (Å²) in [5, 5.41) is 3.92. The number of hydrogen-bond donors (Lipinski definition) is 1. The Morgan fingerprint density at radius 1 is 1.31 bits per heavy atom. The van der Waals surface area contributed by atoms with Crippen LogP contribution in [0.5, 0.6) is 11.6 Å². The van der Waals surface area contributed by atoms with Crippen molar-refractivity contribution in [1.82, 2.24) is 9.88 Å². The predicted molar refractivity (Wildman–Crippen MR) is 104 cm³/mol. The minimum Gasteiger partial charge on any atom is -0.435 e. The Labute approximate surface area is 163 Å². The molecule has 0 spiro atoms. The Hall–Kier alpha value is -1.98. The highest BCUT2D eigenvalue weighted by atomic mass is 35.5. The van der Waals surface area contributed by atoms with E-state index in [-0.39, 0.29) is 18.3 Å². The zero-order chi connectivity index (χ0) is 18.5. The number of para-hydroxylation sites is 2. The maximum atomic E-state index is 12.4. The molecular weight excluding hydrogens is 373 g/mol. The van der Waals surface area contributed by atoms with Crippen molar-refractivity contribution in [3.63, 3.8) is 0 Å². The minimum absolute atomic E-state index is 0.0920. The minimum atomic E-state index is 0.0920. The second-order valence-corrected chi connectivity index (χ2v) is 7.30. The summed E-state index contributed by atoms with van der Waals surface area (Å²) >= 11 is 12.0. The van der Waals surface area contributed by atoms with Gasteiger partial charge in [0, 0.05) is 19.3 Å². The van der Waals surface area contributed by atoms with E-state index < -0.39 is 0 Å². The van der Waals surface area contributed by atoms with Gasteiger partial charge in [0.2, 0.25) is 11.8 Å². The molecule has 1 fully saturated rings. The van der Waals surface area contributed by atoms with Crippen LogP contribution in [0.4, 0.5) is 5.69 Å². The molecule has 1 aliphatic heterocycles. The van der Waals surface area contributed by atoms with Crippen LogP contribution in [0.3, 0.4) is 0 Å². The lowest BCUT2D eigenvalue weighted by Gasteiger charge is -2.30. The van der Waals surface area contributed by atoms with Crippen LogP contribution in [-0.4, -0.2) is 35.4 Å². The lowest BCUT2D eigenvalue weighted by molar-refractivity contribution is -0.130. The van der Waals surface area contributed by atoms with Crippen LogP contribution < -0.4 is 10.1 Å². The Kier molecular flexibility index (Phi) is 6.22. The van der Waals surface area contributed by atoms with Gasteiger partial charge in [-0.25, -0.2) is 4.98 Å². The molecule has 1 aliphatic rings. The number of amides is 1. The molecule has 3 rings (SSSR count). The highest BCUT2D eigenvalue weighted by Gasteiger charge is 2.20. The molecule has 0 aliphatic carbocycles. The number of hydrogen-bond acceptors (Lipinski definition) is 4. The van der Waals surface area contributed by atoms with Gasteiger partial charge < -0.3 is 15.0 Å². The summed E-state index contributed by atoms with van der Waals surface area (Å²) in [6, 6.07) is 8.94. The maximum Gasteiger partial charge on any atom is 0.241 e. The molecule has 1 aromatic heterocycles. The molecule has 7 heteroatoms. The van der Waals surface area contributed by atoms with Gasteiger partial charge in [0.05, 0.1) is 17.3 Å². The standard InChI is InChI=1S/C19H21Cl2N3O2/c1-13-6-8-24(9-7-13)18(25)12-22-16-4-2-3-5-17(16)26-19-15(21)10-14(20)11-23-19/h2-5,10-11,13,22H,6-9,12H2,1H3. The molecular formula is C19H21Cl2N3O2. The van der Waals surface area contributed by atoms with E-state index in [0.29, 0.717) is 27.4 Å². The SMILES string of the molecule is CC1CCN(C(=O)CNc2ccccc2Oc2ncc(Cl)cc2Cl)CC1. The van der Waals surface area contributed by atoms with Crippen molar-refractivity contribution in [3.05, 3.63) is 46.6 Å². The number of nitrogens with zero attached hydrogens (tertiary/aromatic N) is 2. The third-order valence-corrected chi connectivity index (χ3v) is 4.91. The van der Waals surface area contributed by atoms with Crippen molar-refractivity contribution in [2.45, 2.75) is 19.8 Å². The number of carbonyl (C=O) groups excluding carboxylic acids is 1. The van der Waals surface area contributed by atoms with Gasteiger partial charge in [-0.2, -0.15) is 0 Å². The number of ether oxygens (including phenoxy) is 1. The molecule has 1 N–H and O–H groups in total. The van der Waals surface area contributed by atoms with E-state index in [1.54, 1.807) is 12.1 Å². The monoisotopic (exact) mass is 393 g/mol. The summed E-state index contributed by atoms with van der Waals surface area (Å²) in [6.45, 7) is 4.09. The molecule has 138 valence electrons. The Morgan fingerprint density at radius 3 is 2.77 bits per heavy atom. The van der Waals surface area contributed by atoms with Crippen LogP contribution in [-0.2, 0) is 4.79 Å². The first-order chi connectivity index (χ1) is 12.5. The van der Waals surface area contributed by atoms with Crippen LogP contribution in [0.2, 0.25) is 10.0 Å². The van der Waals surface area contributed by atoms with Gasteiger partial charge in [0.15, 0.2) is 5.75 Å². The van der Waals surface area contributed by atoms with E-state index in [4.69, 9.17) is 27.9 Å². The summed E-state index contributed by atoms with van der Waals surface area (Å²) in [7, 11) is 0. The maximum absolute atomic E-state index is 12.4. The van der Waals surface area contributed by atoms with Crippen LogP contribution in [0.1, 0.15) is 19.8 Å². The van der Waals surface area contributed by atoms with Gasteiger partial charge in [-0.1, -0.05) is 42.3 Å². The number of halogens is 2. The lowest BCUT2D eigenvalue weighted by Crippen LogP contribution is -2.40. The predicted octanol–water partition coefficient (Wildman–Crippen LogP) is 4.85. The number of rotatable bonds is 5. The van der Waals surface area contributed by atoms with Gasteiger partial charge >= 0.3 is 0 Å². The van der Waals surface area contributed by atoms with Crippen molar-refractivity contribution in [2.75, 3.05) is 25.0 Å². The molecule has 0 atom stereocenters. The summed E-state index contributed by atoms with van der Waals surface area (Å²) in [5.41, 5.74) is 0.707. The molecule has 2 heterocycles. The molecule has 0 saturated carbocycles. The number of piperidine rings is 1. The third kappa shape index (κ3) is 4.80. The molecule has 1 saturated heterocycles. The van der Waals surface area contributed by atoms with E-state index in [0.717, 1.165) is 25.9 Å². The van der Waals surface area contributed by atoms with Crippen molar-refractivity contribution in [2.24, 2.45) is 5.92 Å². The van der Waals surface area contributed by atoms with Gasteiger partial charge in [-0.05, 0) is 37.0 Å². The first-order valence-electron chi connectivity index (χ1n) is 8.62. The van der Waals surface area contributed by atoms with Gasteiger partial charge in [0.25, 0.3) is 0 Å². The van der Waals surface area contributed by atoms with Crippen molar-refractivity contribution < 1.29 is 9.53 Å². The first-order valence-corrected chi connectivity index (χ1v) is 9.38. The average molecular weight is 394 g/mol. The smallest absolute Gasteiger partial charge is 0.241 e. The van der Waals surface area contributed by atoms with Gasteiger partial charge in [-0.3, -0.25) is 4.79 Å². The number of pyridine rings is 1. The molecule has 26 heavy (non-hydrogen) atoms. The molecule has 1 amide bonds. The Balaban J connectivity index is 1.64. The van der Waals surface area contributed by atoms with Crippen LogP contribution >= 0.6 is 23.2 Å². The van der Waals surface area contributed by atoms with Crippen LogP contribution in [0.15, 0.2) is 36.5 Å². The summed E-state index contributed by atoms with van der Waals surface area (Å²) in [5.74, 6) is 1.60. The number of benzene rings is 1. The molecule has 2 aromatic rings. The van der Waals surface area contributed by atoms with Crippen molar-refractivity contribution >= 4 is 34.8 Å². The van der Waals surface area contributed by atoms with Crippen LogP contribution in [0, 0.1) is 5.92 Å². The van der Waals surface area contributed by atoms with E-state index in [1.807, 2.05) is 23.1 Å². The van der Waals surface area contributed by atoms with Gasteiger partial charge in [0.1, 0.15) is 5.02 Å². The lowest BCUT2D eigenvalue weighted by atomic mass is 9.99. The second kappa shape index (κ2) is 8.60. The van der Waals surface area contributed by atoms with Crippen LogP contribution in [0.25, 0.3) is 0 Å². The summed E-state index contributed by atoms with van der Waals surface area (Å²) in [6.07, 6.45) is 3.60. The third-order valence-electron chi connectivity index (χ3n) is 4.43. The van der Waals surface area contributed by atoms with E-state index in [1.165, 1.54) is 6.20 Å². The van der Waals surface area contributed by atoms with E-state index >= 15 is 0 Å². The van der Waals surface area contributed by atoms with Crippen molar-refractivity contribution in [1.29, 1.82) is 0 Å². The topological polar surface area (TPSA) is 54.5 Å². The Bertz CT molecular complexity index is 777. The van der Waals surface area contributed by atoms with Crippen molar-refractivity contribution in [3.8, 4) is 11.6 Å². The number of likely N-dealkylation sites (tertiary alicyclic amines) is 1. The highest BCUT2D eigenvalue weighted by molar-refractivity contribution is 6.35. The summed E-state index contributed by atoms with van der Waals surface area (Å²) < 4.78 is 5.80. The number of anilines is 1. The second-order valence-electron chi connectivity index (χ2n) is 6.46. The highest BCUT2D eigenvalue weighted by Crippen LogP contribution is 2.33. The zero-order valence-corrected chi connectivity index (χ0v) is 16.1. The summed E-state index contributed by atoms with van der Waals surface area (Å²) in [4.78, 5) is 18.4. The number of aromatic nitrogens is 1. The van der Waals surface area contributed by atoms with E-state index in [9.17, 15) is 4.79 Å². The number of carbonyl (C=O) groups is 1. The molecule has 1 aromatic carbocycles. The first kappa shape index (κ1) is 18.8. The molecule has 0 unspecified atom stereocenters. The fourth-order valence-corrected chi connectivity index (χ4v) is 3.24. The Morgan fingerprint density at radius 2 is 2.04 bits per heavy atom. The normalized spacial score (nSPS) is 15.0. The zero-order valence-electron chi connectivity index (χ0n) is 14.5. The fraction of sp³-hybridized carbons (Fsp3) is 0.368. The molecule has 5 nitrogen and oxygen atoms in total. The molecule has 0 bridgehead atoms. The van der Waals surface area contributed by atoms with E-state index in [2.05, 4.69) is 17.2 Å². The fourth-order valence-electron chi connectivity index (χ4n) is 2.82. The molecule has 0 radical (unpaired) electrons. The average Bonchev–Trinajstić information content (AvgIpc) is 2.63. The quantitative estimate of drug-likeness (QED) is 0.788.